The van der Waals surface area contributed by atoms with Gasteiger partial charge in [0.05, 0.1) is 18.2 Å². The van der Waals surface area contributed by atoms with E-state index in [1.807, 2.05) is 31.7 Å². The highest BCUT2D eigenvalue weighted by atomic mass is 15.1. The van der Waals surface area contributed by atoms with Crippen LogP contribution in [0.25, 0.3) is 5.69 Å². The second-order valence-electron chi connectivity index (χ2n) is 4.54. The SMILES string of the molecule is Cc1ccc(-n2cncc2C2CCNC2)cn1. The predicted molar refractivity (Wildman–Crippen MR) is 66.3 cm³/mol. The fourth-order valence-electron chi connectivity index (χ4n) is 2.33. The van der Waals surface area contributed by atoms with Crippen LogP contribution in [0.1, 0.15) is 23.7 Å². The quantitative estimate of drug-likeness (QED) is 0.850. The van der Waals surface area contributed by atoms with E-state index in [0.29, 0.717) is 5.92 Å². The lowest BCUT2D eigenvalue weighted by molar-refractivity contribution is 0.713. The molecule has 2 aromatic heterocycles. The number of aryl methyl sites for hydroxylation is 1. The van der Waals surface area contributed by atoms with E-state index in [1.54, 1.807) is 0 Å². The van der Waals surface area contributed by atoms with E-state index in [9.17, 15) is 0 Å². The second kappa shape index (κ2) is 4.30. The van der Waals surface area contributed by atoms with E-state index in [-0.39, 0.29) is 0 Å². The number of hydrogen-bond donors (Lipinski definition) is 1. The largest absolute Gasteiger partial charge is 0.316 e. The Morgan fingerprint density at radius 2 is 2.29 bits per heavy atom. The van der Waals surface area contributed by atoms with Crippen molar-refractivity contribution < 1.29 is 0 Å². The molecule has 0 saturated carbocycles. The first kappa shape index (κ1) is 10.5. The Morgan fingerprint density at radius 1 is 1.35 bits per heavy atom. The van der Waals surface area contributed by atoms with Crippen molar-refractivity contribution in [2.24, 2.45) is 0 Å². The van der Waals surface area contributed by atoms with Crippen LogP contribution in [-0.4, -0.2) is 27.6 Å². The number of nitrogens with one attached hydrogen (secondary N) is 1. The minimum absolute atomic E-state index is 0.568. The van der Waals surface area contributed by atoms with E-state index in [4.69, 9.17) is 0 Å². The molecule has 1 N–H and O–H groups in total. The highest BCUT2D eigenvalue weighted by Crippen LogP contribution is 2.24. The Hall–Kier alpha value is -1.68. The first-order valence-corrected chi connectivity index (χ1v) is 6.00. The Balaban J connectivity index is 1.97. The molecule has 0 spiro atoms. The van der Waals surface area contributed by atoms with Crippen molar-refractivity contribution in [1.29, 1.82) is 0 Å². The van der Waals surface area contributed by atoms with Crippen LogP contribution in [0, 0.1) is 6.92 Å². The lowest BCUT2D eigenvalue weighted by atomic mass is 10.1. The highest BCUT2D eigenvalue weighted by molar-refractivity contribution is 5.33. The summed E-state index contributed by atoms with van der Waals surface area (Å²) in [6.45, 7) is 4.15. The first-order valence-electron chi connectivity index (χ1n) is 6.00. The topological polar surface area (TPSA) is 42.7 Å². The molecule has 4 heteroatoms. The third-order valence-electron chi connectivity index (χ3n) is 3.32. The average Bonchev–Trinajstić information content (AvgIpc) is 3.00. The molecule has 3 rings (SSSR count). The Labute approximate surface area is 101 Å². The number of rotatable bonds is 2. The molecule has 1 atom stereocenters. The lowest BCUT2D eigenvalue weighted by Gasteiger charge is -2.12. The average molecular weight is 228 g/mol. The summed E-state index contributed by atoms with van der Waals surface area (Å²) in [6.07, 6.45) is 6.94. The van der Waals surface area contributed by atoms with Gasteiger partial charge in [-0.25, -0.2) is 4.98 Å². The fourth-order valence-corrected chi connectivity index (χ4v) is 2.33. The van der Waals surface area contributed by atoms with Gasteiger partial charge < -0.3 is 9.88 Å². The molecule has 0 aliphatic carbocycles. The maximum Gasteiger partial charge on any atom is 0.0994 e. The molecule has 3 heterocycles. The first-order chi connectivity index (χ1) is 8.34. The molecule has 1 aliphatic rings. The number of pyridine rings is 1. The molecule has 1 aliphatic heterocycles. The standard InChI is InChI=1S/C13H16N4/c1-10-2-3-12(7-16-10)17-9-15-8-13(17)11-4-5-14-6-11/h2-3,7-9,11,14H,4-6H2,1H3. The molecule has 0 radical (unpaired) electrons. The highest BCUT2D eigenvalue weighted by Gasteiger charge is 2.20. The van der Waals surface area contributed by atoms with Gasteiger partial charge in [0.15, 0.2) is 0 Å². The maximum absolute atomic E-state index is 4.34. The van der Waals surface area contributed by atoms with Gasteiger partial charge in [0, 0.05) is 30.0 Å². The molecule has 0 bridgehead atoms. The van der Waals surface area contributed by atoms with Crippen LogP contribution >= 0.6 is 0 Å². The van der Waals surface area contributed by atoms with Crippen molar-refractivity contribution in [3.63, 3.8) is 0 Å². The maximum atomic E-state index is 4.34. The molecule has 4 nitrogen and oxygen atoms in total. The summed E-state index contributed by atoms with van der Waals surface area (Å²) in [5, 5.41) is 3.39. The fraction of sp³-hybridized carbons (Fsp3) is 0.385. The van der Waals surface area contributed by atoms with Crippen molar-refractivity contribution in [3.8, 4) is 5.69 Å². The summed E-state index contributed by atoms with van der Waals surface area (Å²) in [4.78, 5) is 8.61. The molecule has 1 saturated heterocycles. The molecular weight excluding hydrogens is 212 g/mol. The van der Waals surface area contributed by atoms with Crippen LogP contribution < -0.4 is 5.32 Å². The number of nitrogens with zero attached hydrogens (tertiary/aromatic N) is 3. The van der Waals surface area contributed by atoms with Crippen LogP contribution in [0.15, 0.2) is 30.9 Å². The zero-order valence-corrected chi connectivity index (χ0v) is 9.93. The minimum Gasteiger partial charge on any atom is -0.316 e. The summed E-state index contributed by atoms with van der Waals surface area (Å²) >= 11 is 0. The smallest absolute Gasteiger partial charge is 0.0994 e. The van der Waals surface area contributed by atoms with Crippen LogP contribution in [-0.2, 0) is 0 Å². The van der Waals surface area contributed by atoms with Gasteiger partial charge in [0.2, 0.25) is 0 Å². The van der Waals surface area contributed by atoms with Crippen molar-refractivity contribution in [1.82, 2.24) is 19.9 Å². The van der Waals surface area contributed by atoms with Crippen LogP contribution in [0.2, 0.25) is 0 Å². The summed E-state index contributed by atoms with van der Waals surface area (Å²) in [6, 6.07) is 4.13. The number of aromatic nitrogens is 3. The predicted octanol–water partition coefficient (Wildman–Crippen LogP) is 1.65. The Morgan fingerprint density at radius 3 is 3.00 bits per heavy atom. The van der Waals surface area contributed by atoms with E-state index >= 15 is 0 Å². The zero-order chi connectivity index (χ0) is 11.7. The second-order valence-corrected chi connectivity index (χ2v) is 4.54. The molecular formula is C13H16N4. The molecule has 0 amide bonds. The monoisotopic (exact) mass is 228 g/mol. The normalized spacial score (nSPS) is 19.7. The molecule has 0 aromatic carbocycles. The van der Waals surface area contributed by atoms with Crippen molar-refractivity contribution in [3.05, 3.63) is 42.2 Å². The van der Waals surface area contributed by atoms with Crippen molar-refractivity contribution >= 4 is 0 Å². The van der Waals surface area contributed by atoms with E-state index < -0.39 is 0 Å². The van der Waals surface area contributed by atoms with Gasteiger partial charge in [0.25, 0.3) is 0 Å². The minimum atomic E-state index is 0.568. The van der Waals surface area contributed by atoms with Gasteiger partial charge >= 0.3 is 0 Å². The third-order valence-corrected chi connectivity index (χ3v) is 3.32. The van der Waals surface area contributed by atoms with Gasteiger partial charge in [-0.15, -0.1) is 0 Å². The molecule has 17 heavy (non-hydrogen) atoms. The van der Waals surface area contributed by atoms with E-state index in [1.165, 1.54) is 12.1 Å². The van der Waals surface area contributed by atoms with E-state index in [0.717, 1.165) is 24.5 Å². The number of hydrogen-bond acceptors (Lipinski definition) is 3. The van der Waals surface area contributed by atoms with Gasteiger partial charge in [0.1, 0.15) is 0 Å². The summed E-state index contributed by atoms with van der Waals surface area (Å²) in [7, 11) is 0. The van der Waals surface area contributed by atoms with Gasteiger partial charge in [-0.1, -0.05) is 0 Å². The van der Waals surface area contributed by atoms with Crippen LogP contribution in [0.4, 0.5) is 0 Å². The van der Waals surface area contributed by atoms with Crippen molar-refractivity contribution in [2.45, 2.75) is 19.3 Å². The Kier molecular flexibility index (Phi) is 2.65. The summed E-state index contributed by atoms with van der Waals surface area (Å²) in [5.74, 6) is 0.568. The van der Waals surface area contributed by atoms with Crippen molar-refractivity contribution in [2.75, 3.05) is 13.1 Å². The molecule has 88 valence electrons. The van der Waals surface area contributed by atoms with Gasteiger partial charge in [-0.05, 0) is 32.0 Å². The van der Waals surface area contributed by atoms with Gasteiger partial charge in [-0.3, -0.25) is 4.98 Å². The number of imidazole rings is 1. The molecule has 2 aromatic rings. The third kappa shape index (κ3) is 1.96. The summed E-state index contributed by atoms with van der Waals surface area (Å²) < 4.78 is 2.14. The van der Waals surface area contributed by atoms with Crippen LogP contribution in [0.5, 0.6) is 0 Å². The van der Waals surface area contributed by atoms with E-state index in [2.05, 4.69) is 25.9 Å². The van der Waals surface area contributed by atoms with Crippen LogP contribution in [0.3, 0.4) is 0 Å². The van der Waals surface area contributed by atoms with Gasteiger partial charge in [-0.2, -0.15) is 0 Å². The summed E-state index contributed by atoms with van der Waals surface area (Å²) in [5.41, 5.74) is 3.41. The lowest BCUT2D eigenvalue weighted by Crippen LogP contribution is -2.10. The Bertz CT molecular complexity index is 494. The molecule has 1 fully saturated rings. The zero-order valence-electron chi connectivity index (χ0n) is 9.93. The molecule has 1 unspecified atom stereocenters.